The Hall–Kier alpha value is -3.13. The average Bonchev–Trinajstić information content (AvgIpc) is 3.30. The van der Waals surface area contributed by atoms with E-state index in [9.17, 15) is 4.79 Å². The molecule has 1 N–H and O–H groups in total. The van der Waals surface area contributed by atoms with E-state index in [-0.39, 0.29) is 5.91 Å². The number of benzene rings is 3. The van der Waals surface area contributed by atoms with Gasteiger partial charge in [-0.1, -0.05) is 65.8 Å². The number of aromatic nitrogens is 3. The Morgan fingerprint density at radius 2 is 1.81 bits per heavy atom. The number of ether oxygens (including phenoxy) is 1. The minimum absolute atomic E-state index is 0.109. The molecule has 6 nitrogen and oxygen atoms in total. The Morgan fingerprint density at radius 1 is 1.05 bits per heavy atom. The zero-order chi connectivity index (χ0) is 26.2. The van der Waals surface area contributed by atoms with Crippen LogP contribution in [0.2, 0.25) is 5.02 Å². The van der Waals surface area contributed by atoms with Gasteiger partial charge in [-0.05, 0) is 74.2 Å². The maximum absolute atomic E-state index is 13.7. The van der Waals surface area contributed by atoms with Crippen LogP contribution in [0.1, 0.15) is 35.3 Å². The number of aryl methyl sites for hydroxylation is 2. The molecule has 8 heteroatoms. The van der Waals surface area contributed by atoms with Crippen molar-refractivity contribution in [3.8, 4) is 11.4 Å². The van der Waals surface area contributed by atoms with Crippen molar-refractivity contribution in [3.05, 3.63) is 94.5 Å². The topological polar surface area (TPSA) is 69.0 Å². The number of carbonyl (C=O) groups excluding carboxylic acids is 1. The number of anilines is 1. The molecule has 37 heavy (non-hydrogen) atoms. The van der Waals surface area contributed by atoms with E-state index < -0.39 is 5.25 Å². The van der Waals surface area contributed by atoms with Crippen LogP contribution in [0.5, 0.6) is 0 Å². The van der Waals surface area contributed by atoms with Gasteiger partial charge in [-0.2, -0.15) is 0 Å². The number of halogens is 1. The predicted octanol–water partition coefficient (Wildman–Crippen LogP) is 7.11. The number of nitrogens with zero attached hydrogens (tertiary/aromatic N) is 3. The van der Waals surface area contributed by atoms with E-state index in [2.05, 4.69) is 20.1 Å². The van der Waals surface area contributed by atoms with E-state index in [1.807, 2.05) is 93.6 Å². The number of hydrogen-bond donors (Lipinski definition) is 1. The van der Waals surface area contributed by atoms with Crippen LogP contribution in [-0.2, 0) is 16.1 Å². The van der Waals surface area contributed by atoms with E-state index in [0.29, 0.717) is 29.9 Å². The molecule has 0 aliphatic heterocycles. The van der Waals surface area contributed by atoms with Crippen molar-refractivity contribution >= 4 is 35.0 Å². The third-order valence-electron chi connectivity index (χ3n) is 5.91. The molecule has 0 radical (unpaired) electrons. The van der Waals surface area contributed by atoms with Crippen molar-refractivity contribution < 1.29 is 9.53 Å². The molecular weight excluding hydrogens is 504 g/mol. The van der Waals surface area contributed by atoms with Crippen molar-refractivity contribution in [2.24, 2.45) is 0 Å². The second-order valence-corrected chi connectivity index (χ2v) is 10.2. The van der Waals surface area contributed by atoms with E-state index in [0.717, 1.165) is 40.2 Å². The van der Waals surface area contributed by atoms with Crippen LogP contribution in [0.15, 0.2) is 78.0 Å². The molecule has 0 fully saturated rings. The summed E-state index contributed by atoms with van der Waals surface area (Å²) in [4.78, 5) is 13.7. The summed E-state index contributed by atoms with van der Waals surface area (Å²) in [6.07, 6.45) is 0.796. The number of thioether (sulfide) groups is 1. The first-order valence-electron chi connectivity index (χ1n) is 12.3. The molecule has 0 bridgehead atoms. The lowest BCUT2D eigenvalue weighted by Gasteiger charge is -2.19. The Morgan fingerprint density at radius 3 is 2.54 bits per heavy atom. The molecule has 4 rings (SSSR count). The predicted molar refractivity (Wildman–Crippen MR) is 151 cm³/mol. The summed E-state index contributed by atoms with van der Waals surface area (Å²) < 4.78 is 7.63. The van der Waals surface area contributed by atoms with Crippen LogP contribution in [0.4, 0.5) is 5.69 Å². The Balaban J connectivity index is 1.67. The fourth-order valence-electron chi connectivity index (χ4n) is 3.93. The van der Waals surface area contributed by atoms with Gasteiger partial charge >= 0.3 is 0 Å². The quantitative estimate of drug-likeness (QED) is 0.164. The summed E-state index contributed by atoms with van der Waals surface area (Å²) in [6.45, 7) is 7.96. The van der Waals surface area contributed by atoms with Crippen LogP contribution in [0, 0.1) is 13.8 Å². The summed E-state index contributed by atoms with van der Waals surface area (Å²) in [7, 11) is 0. The summed E-state index contributed by atoms with van der Waals surface area (Å²) in [5.41, 5.74) is 4.72. The van der Waals surface area contributed by atoms with Gasteiger partial charge in [0.15, 0.2) is 11.0 Å². The Kier molecular flexibility index (Phi) is 9.39. The van der Waals surface area contributed by atoms with Gasteiger partial charge in [0.2, 0.25) is 5.91 Å². The molecule has 1 aromatic heterocycles. The lowest BCUT2D eigenvalue weighted by Crippen LogP contribution is -2.20. The van der Waals surface area contributed by atoms with Crippen LogP contribution in [0.3, 0.4) is 0 Å². The second kappa shape index (κ2) is 12.9. The number of carbonyl (C=O) groups is 1. The Bertz CT molecular complexity index is 1330. The summed E-state index contributed by atoms with van der Waals surface area (Å²) in [6, 6.07) is 23.4. The minimum Gasteiger partial charge on any atom is -0.382 e. The van der Waals surface area contributed by atoms with Crippen LogP contribution in [0.25, 0.3) is 11.4 Å². The zero-order valence-corrected chi connectivity index (χ0v) is 22.9. The molecule has 3 aromatic carbocycles. The zero-order valence-electron chi connectivity index (χ0n) is 21.3. The molecule has 1 atom stereocenters. The number of rotatable bonds is 11. The molecule has 1 amide bonds. The second-order valence-electron chi connectivity index (χ2n) is 8.73. The van der Waals surface area contributed by atoms with Crippen LogP contribution < -0.4 is 5.32 Å². The summed E-state index contributed by atoms with van der Waals surface area (Å²) in [5.74, 6) is 0.624. The Labute approximate surface area is 227 Å². The molecule has 4 aromatic rings. The lowest BCUT2D eigenvalue weighted by molar-refractivity contribution is -0.115. The van der Waals surface area contributed by atoms with Gasteiger partial charge in [-0.25, -0.2) is 0 Å². The fraction of sp³-hybridized carbons (Fsp3) is 0.276. The van der Waals surface area contributed by atoms with E-state index in [4.69, 9.17) is 16.3 Å². The first-order valence-corrected chi connectivity index (χ1v) is 13.6. The van der Waals surface area contributed by atoms with Crippen molar-refractivity contribution in [3.63, 3.8) is 0 Å². The fourth-order valence-corrected chi connectivity index (χ4v) is 5.12. The lowest BCUT2D eigenvalue weighted by atomic mass is 10.1. The highest BCUT2D eigenvalue weighted by molar-refractivity contribution is 8.00. The molecule has 0 spiro atoms. The van der Waals surface area contributed by atoms with E-state index in [1.165, 1.54) is 11.8 Å². The van der Waals surface area contributed by atoms with Gasteiger partial charge < -0.3 is 14.6 Å². The number of amides is 1. The highest BCUT2D eigenvalue weighted by atomic mass is 35.5. The van der Waals surface area contributed by atoms with Crippen molar-refractivity contribution in [2.75, 3.05) is 18.5 Å². The highest BCUT2D eigenvalue weighted by Gasteiger charge is 2.26. The van der Waals surface area contributed by atoms with Crippen molar-refractivity contribution in [2.45, 2.75) is 44.1 Å². The first kappa shape index (κ1) is 26.9. The smallest absolute Gasteiger partial charge is 0.242 e. The SMILES string of the molecule is CCOCCCn1c(S[C@H](C(=O)Nc2cc(C)ccc2C)c2ccccc2)nnc1-c1ccc(Cl)cc1. The molecule has 1 heterocycles. The molecule has 0 unspecified atom stereocenters. The van der Waals surface area contributed by atoms with Crippen molar-refractivity contribution in [1.82, 2.24) is 14.8 Å². The van der Waals surface area contributed by atoms with Crippen LogP contribution >= 0.6 is 23.4 Å². The van der Waals surface area contributed by atoms with Crippen LogP contribution in [-0.4, -0.2) is 33.9 Å². The molecular formula is C29H31ClN4O2S. The van der Waals surface area contributed by atoms with Gasteiger partial charge in [-0.15, -0.1) is 10.2 Å². The van der Waals surface area contributed by atoms with E-state index in [1.54, 1.807) is 0 Å². The van der Waals surface area contributed by atoms with Crippen molar-refractivity contribution in [1.29, 1.82) is 0 Å². The molecule has 0 saturated carbocycles. The summed E-state index contributed by atoms with van der Waals surface area (Å²) >= 11 is 7.51. The van der Waals surface area contributed by atoms with Gasteiger partial charge in [0, 0.05) is 36.0 Å². The standard InChI is InChI=1S/C29H31ClN4O2S/c1-4-36-18-8-17-34-27(23-13-15-24(30)16-14-23)32-33-29(34)37-26(22-9-6-5-7-10-22)28(35)31-25-19-20(2)11-12-21(25)3/h5-7,9-16,19,26H,4,8,17-18H2,1-3H3,(H,31,35)/t26-/m0/s1. The first-order chi connectivity index (χ1) is 18.0. The maximum atomic E-state index is 13.7. The molecule has 0 aliphatic carbocycles. The normalized spacial score (nSPS) is 11.9. The minimum atomic E-state index is -0.519. The monoisotopic (exact) mass is 534 g/mol. The average molecular weight is 535 g/mol. The largest absolute Gasteiger partial charge is 0.382 e. The summed E-state index contributed by atoms with van der Waals surface area (Å²) in [5, 5.41) is 13.0. The van der Waals surface area contributed by atoms with Gasteiger partial charge in [0.25, 0.3) is 0 Å². The van der Waals surface area contributed by atoms with Gasteiger partial charge in [-0.3, -0.25) is 4.79 Å². The molecule has 0 aliphatic rings. The third-order valence-corrected chi connectivity index (χ3v) is 7.40. The highest BCUT2D eigenvalue weighted by Crippen LogP contribution is 2.37. The molecule has 0 saturated heterocycles. The maximum Gasteiger partial charge on any atom is 0.242 e. The number of hydrogen-bond acceptors (Lipinski definition) is 5. The third kappa shape index (κ3) is 7.01. The van der Waals surface area contributed by atoms with Gasteiger partial charge in [0.1, 0.15) is 5.25 Å². The number of nitrogens with one attached hydrogen (secondary N) is 1. The molecule has 192 valence electrons. The van der Waals surface area contributed by atoms with Gasteiger partial charge in [0.05, 0.1) is 0 Å². The van der Waals surface area contributed by atoms with E-state index >= 15 is 0 Å².